The van der Waals surface area contributed by atoms with Gasteiger partial charge in [-0.05, 0) is 39.2 Å². The van der Waals surface area contributed by atoms with Crippen molar-refractivity contribution in [2.24, 2.45) is 17.6 Å². The van der Waals surface area contributed by atoms with Crippen LogP contribution in [0.5, 0.6) is 0 Å². The van der Waals surface area contributed by atoms with Crippen LogP contribution < -0.4 is 11.1 Å². The monoisotopic (exact) mass is 396 g/mol. The highest BCUT2D eigenvalue weighted by Gasteiger charge is 2.37. The lowest BCUT2D eigenvalue weighted by Gasteiger charge is -2.27. The van der Waals surface area contributed by atoms with Gasteiger partial charge in [-0.3, -0.25) is 14.4 Å². The summed E-state index contributed by atoms with van der Waals surface area (Å²) in [7, 11) is 0. The van der Waals surface area contributed by atoms with Crippen molar-refractivity contribution in [3.63, 3.8) is 0 Å². The maximum absolute atomic E-state index is 12.7. The van der Waals surface area contributed by atoms with Crippen LogP contribution in [-0.4, -0.2) is 35.0 Å². The van der Waals surface area contributed by atoms with Crippen molar-refractivity contribution >= 4 is 40.1 Å². The Balaban J connectivity index is 2.35. The Kier molecular flexibility index (Phi) is 6.59. The molecule has 2 rings (SSSR count). The molecule has 4 N–H and O–H groups in total. The Morgan fingerprint density at radius 1 is 1.19 bits per heavy atom. The second-order valence-corrected chi connectivity index (χ2v) is 7.92. The van der Waals surface area contributed by atoms with Gasteiger partial charge in [0.25, 0.3) is 5.91 Å². The van der Waals surface area contributed by atoms with E-state index in [1.807, 2.05) is 0 Å². The van der Waals surface area contributed by atoms with Crippen LogP contribution in [0.25, 0.3) is 0 Å². The molecule has 0 bridgehead atoms. The second-order valence-electron chi connectivity index (χ2n) is 6.90. The molecule has 1 heterocycles. The van der Waals surface area contributed by atoms with Crippen molar-refractivity contribution < 1.29 is 29.0 Å². The Morgan fingerprint density at radius 3 is 2.30 bits per heavy atom. The van der Waals surface area contributed by atoms with Gasteiger partial charge in [-0.2, -0.15) is 0 Å². The second kappa shape index (κ2) is 8.51. The number of rotatable bonds is 6. The quantitative estimate of drug-likeness (QED) is 0.632. The highest BCUT2D eigenvalue weighted by molar-refractivity contribution is 7.18. The largest absolute Gasteiger partial charge is 0.481 e. The molecule has 0 radical (unpaired) electrons. The van der Waals surface area contributed by atoms with Crippen molar-refractivity contribution in [2.45, 2.75) is 52.6 Å². The number of ether oxygens (including phenoxy) is 1. The number of esters is 1. The number of carboxylic acid groups (broad SMARTS) is 1. The summed E-state index contributed by atoms with van der Waals surface area (Å²) < 4.78 is 5.21. The van der Waals surface area contributed by atoms with Crippen molar-refractivity contribution in [3.8, 4) is 0 Å². The van der Waals surface area contributed by atoms with E-state index in [1.165, 1.54) is 0 Å². The van der Waals surface area contributed by atoms with Gasteiger partial charge in [0.15, 0.2) is 0 Å². The number of carbonyl (C=O) groups is 4. The summed E-state index contributed by atoms with van der Waals surface area (Å²) in [6, 6.07) is 0. The smallest absolute Gasteiger partial charge is 0.341 e. The molecule has 8 nitrogen and oxygen atoms in total. The molecule has 148 valence electrons. The molecular formula is C18H24N2O6S. The third kappa shape index (κ3) is 4.65. The van der Waals surface area contributed by atoms with E-state index in [4.69, 9.17) is 10.5 Å². The molecule has 1 fully saturated rings. The fraction of sp³-hybridized carbons (Fsp3) is 0.556. The number of primary amides is 1. The van der Waals surface area contributed by atoms with Crippen LogP contribution in [0, 0.1) is 18.8 Å². The van der Waals surface area contributed by atoms with Gasteiger partial charge in [-0.15, -0.1) is 11.3 Å². The number of nitrogens with two attached hydrogens (primary N) is 1. The maximum Gasteiger partial charge on any atom is 0.341 e. The van der Waals surface area contributed by atoms with Crippen LogP contribution in [0.1, 0.15) is 65.1 Å². The summed E-state index contributed by atoms with van der Waals surface area (Å²) in [5.41, 5.74) is 5.78. The first-order valence-electron chi connectivity index (χ1n) is 8.81. The maximum atomic E-state index is 12.7. The van der Waals surface area contributed by atoms with Gasteiger partial charge in [-0.1, -0.05) is 12.8 Å². The Hall–Kier alpha value is -2.42. The first kappa shape index (κ1) is 20.9. The predicted octanol–water partition coefficient (Wildman–Crippen LogP) is 2.55. The van der Waals surface area contributed by atoms with Gasteiger partial charge in [0.2, 0.25) is 5.91 Å². The molecule has 1 saturated carbocycles. The average Bonchev–Trinajstić information content (AvgIpc) is 2.90. The zero-order valence-corrected chi connectivity index (χ0v) is 16.4. The fourth-order valence-electron chi connectivity index (χ4n) is 3.30. The van der Waals surface area contributed by atoms with Crippen molar-refractivity contribution in [3.05, 3.63) is 16.0 Å². The zero-order valence-electron chi connectivity index (χ0n) is 15.5. The van der Waals surface area contributed by atoms with E-state index in [0.717, 1.165) is 24.2 Å². The minimum Gasteiger partial charge on any atom is -0.481 e. The Morgan fingerprint density at radius 2 is 1.78 bits per heavy atom. The third-order valence-electron chi connectivity index (χ3n) is 4.57. The average molecular weight is 396 g/mol. The van der Waals surface area contributed by atoms with Crippen molar-refractivity contribution in [1.82, 2.24) is 0 Å². The van der Waals surface area contributed by atoms with E-state index in [9.17, 15) is 24.3 Å². The number of aliphatic carboxylic acids is 1. The van der Waals surface area contributed by atoms with Gasteiger partial charge in [-0.25, -0.2) is 4.79 Å². The number of anilines is 1. The predicted molar refractivity (Wildman–Crippen MR) is 99.8 cm³/mol. The molecular weight excluding hydrogens is 372 g/mol. The van der Waals surface area contributed by atoms with Crippen LogP contribution in [0.15, 0.2) is 0 Å². The summed E-state index contributed by atoms with van der Waals surface area (Å²) >= 11 is 0.897. The SMILES string of the molecule is Cc1c(C(N)=O)sc(NC(=O)[C@@H]2CCCC[C@@H]2C(=O)O)c1C(=O)OC(C)C. The molecule has 0 unspecified atom stereocenters. The molecule has 2 amide bonds. The van der Waals surface area contributed by atoms with Crippen molar-refractivity contribution in [2.75, 3.05) is 5.32 Å². The lowest BCUT2D eigenvalue weighted by molar-refractivity contribution is -0.147. The normalized spacial score (nSPS) is 19.6. The van der Waals surface area contributed by atoms with Crippen LogP contribution in [-0.2, 0) is 14.3 Å². The van der Waals surface area contributed by atoms with E-state index in [0.29, 0.717) is 18.4 Å². The molecule has 27 heavy (non-hydrogen) atoms. The number of hydrogen-bond donors (Lipinski definition) is 3. The molecule has 0 saturated heterocycles. The molecule has 2 atom stereocenters. The Bertz CT molecular complexity index is 770. The van der Waals surface area contributed by atoms with Gasteiger partial charge >= 0.3 is 11.9 Å². The van der Waals surface area contributed by atoms with E-state index in [-0.39, 0.29) is 21.5 Å². The van der Waals surface area contributed by atoms with E-state index >= 15 is 0 Å². The van der Waals surface area contributed by atoms with Crippen LogP contribution in [0.3, 0.4) is 0 Å². The molecule has 9 heteroatoms. The number of thiophene rings is 1. The molecule has 0 aliphatic heterocycles. The van der Waals surface area contributed by atoms with Gasteiger partial charge < -0.3 is 20.9 Å². The minimum absolute atomic E-state index is 0.0820. The number of amides is 2. The number of nitrogens with one attached hydrogen (secondary N) is 1. The third-order valence-corrected chi connectivity index (χ3v) is 5.80. The van der Waals surface area contributed by atoms with Crippen LogP contribution in [0.4, 0.5) is 5.00 Å². The number of hydrogen-bond acceptors (Lipinski definition) is 6. The highest BCUT2D eigenvalue weighted by Crippen LogP contribution is 2.36. The molecule has 1 aromatic heterocycles. The first-order chi connectivity index (χ1) is 12.6. The molecule has 1 aliphatic rings. The molecule has 1 aromatic rings. The number of carbonyl (C=O) groups excluding carboxylic acids is 3. The summed E-state index contributed by atoms with van der Waals surface area (Å²) in [5.74, 6) is -4.31. The minimum atomic E-state index is -1.01. The summed E-state index contributed by atoms with van der Waals surface area (Å²) in [4.78, 5) is 48.4. The summed E-state index contributed by atoms with van der Waals surface area (Å²) in [5, 5.41) is 12.2. The first-order valence-corrected chi connectivity index (χ1v) is 9.63. The van der Waals surface area contributed by atoms with E-state index in [2.05, 4.69) is 5.32 Å². The van der Waals surface area contributed by atoms with Gasteiger partial charge in [0, 0.05) is 0 Å². The summed E-state index contributed by atoms with van der Waals surface area (Å²) in [6.45, 7) is 4.93. The van der Waals surface area contributed by atoms with E-state index in [1.54, 1.807) is 20.8 Å². The van der Waals surface area contributed by atoms with Gasteiger partial charge in [0.1, 0.15) is 5.00 Å². The fourth-order valence-corrected chi connectivity index (χ4v) is 4.35. The molecule has 0 aromatic carbocycles. The summed E-state index contributed by atoms with van der Waals surface area (Å²) in [6.07, 6.45) is 2.04. The zero-order chi connectivity index (χ0) is 20.3. The lowest BCUT2D eigenvalue weighted by atomic mass is 9.79. The Labute approximate surface area is 161 Å². The van der Waals surface area contributed by atoms with E-state index < -0.39 is 35.6 Å². The molecule has 1 aliphatic carbocycles. The van der Waals surface area contributed by atoms with Crippen molar-refractivity contribution in [1.29, 1.82) is 0 Å². The highest BCUT2D eigenvalue weighted by atomic mass is 32.1. The van der Waals surface area contributed by atoms with Crippen LogP contribution in [0.2, 0.25) is 0 Å². The topological polar surface area (TPSA) is 136 Å². The van der Waals surface area contributed by atoms with Crippen LogP contribution >= 0.6 is 11.3 Å². The number of carboxylic acids is 1. The van der Waals surface area contributed by atoms with Gasteiger partial charge in [0.05, 0.1) is 28.4 Å². The lowest BCUT2D eigenvalue weighted by Crippen LogP contribution is -2.36. The standard InChI is InChI=1S/C18H24N2O6S/c1-8(2)26-18(25)12-9(3)13(14(19)21)27-16(12)20-15(22)10-6-4-5-7-11(10)17(23)24/h8,10-11H,4-7H2,1-3H3,(H2,19,21)(H,20,22)(H,23,24)/t10-,11+/m1/s1. The molecule has 0 spiro atoms.